The number of nitrogens with zero attached hydrogens (tertiary/aromatic N) is 2. The molecule has 1 N–H and O–H groups in total. The van der Waals surface area contributed by atoms with Crippen LogP contribution in [-0.4, -0.2) is 36.1 Å². The molecule has 0 fully saturated rings. The summed E-state index contributed by atoms with van der Waals surface area (Å²) in [4.78, 5) is 6.15. The highest BCUT2D eigenvalue weighted by Crippen LogP contribution is 2.21. The zero-order chi connectivity index (χ0) is 15.1. The van der Waals surface area contributed by atoms with Gasteiger partial charge in [0.05, 0.1) is 0 Å². The van der Waals surface area contributed by atoms with E-state index in [1.54, 1.807) is 12.3 Å². The summed E-state index contributed by atoms with van der Waals surface area (Å²) in [6.07, 6.45) is 4.80. The fourth-order valence-corrected chi connectivity index (χ4v) is 2.44. The molecule has 1 unspecified atom stereocenters. The first kappa shape index (κ1) is 17.2. The fourth-order valence-electron chi connectivity index (χ4n) is 1.86. The predicted octanol–water partition coefficient (Wildman–Crippen LogP) is 3.30. The van der Waals surface area contributed by atoms with Gasteiger partial charge in [0.25, 0.3) is 0 Å². The van der Waals surface area contributed by atoms with E-state index in [1.807, 2.05) is 23.7 Å². The van der Waals surface area contributed by atoms with Gasteiger partial charge in [0.2, 0.25) is 0 Å². The summed E-state index contributed by atoms with van der Waals surface area (Å²) in [5.74, 6) is 1.31. The van der Waals surface area contributed by atoms with Gasteiger partial charge < -0.3 is 10.2 Å². The smallest absolute Gasteiger partial charge is 0.170 e. The third kappa shape index (κ3) is 4.94. The number of hydrogen-bond donors (Lipinski definition) is 1. The Kier molecular flexibility index (Phi) is 7.30. The van der Waals surface area contributed by atoms with Gasteiger partial charge in [0.1, 0.15) is 0 Å². The average Bonchev–Trinajstić information content (AvgIpc) is 2.42. The van der Waals surface area contributed by atoms with Crippen LogP contribution in [0.15, 0.2) is 12.3 Å². The molecule has 0 bridgehead atoms. The highest BCUT2D eigenvalue weighted by molar-refractivity contribution is 7.98. The van der Waals surface area contributed by atoms with Gasteiger partial charge in [-0.1, -0.05) is 13.8 Å². The zero-order valence-electron chi connectivity index (χ0n) is 13.1. The number of thioether (sulfide) groups is 1. The first-order valence-electron chi connectivity index (χ1n) is 7.05. The van der Waals surface area contributed by atoms with Crippen molar-refractivity contribution < 1.29 is 4.39 Å². The van der Waals surface area contributed by atoms with E-state index < -0.39 is 0 Å². The lowest BCUT2D eigenvalue weighted by Crippen LogP contribution is -2.31. The summed E-state index contributed by atoms with van der Waals surface area (Å²) in [6, 6.07) is 2.36. The number of rotatable bonds is 8. The Morgan fingerprint density at radius 1 is 1.40 bits per heavy atom. The van der Waals surface area contributed by atoms with Crippen LogP contribution in [0, 0.1) is 5.82 Å². The summed E-state index contributed by atoms with van der Waals surface area (Å²) in [5.41, 5.74) is 0.674. The second-order valence-corrected chi connectivity index (χ2v) is 6.37. The molecule has 0 saturated heterocycles. The van der Waals surface area contributed by atoms with Gasteiger partial charge in [-0.25, -0.2) is 9.37 Å². The molecule has 114 valence electrons. The van der Waals surface area contributed by atoms with Crippen molar-refractivity contribution in [1.29, 1.82) is 0 Å². The van der Waals surface area contributed by atoms with Crippen LogP contribution >= 0.6 is 11.8 Å². The number of pyridine rings is 1. The molecule has 1 rings (SSSR count). The van der Waals surface area contributed by atoms with Gasteiger partial charge >= 0.3 is 0 Å². The molecule has 0 aliphatic carbocycles. The maximum atomic E-state index is 14.5. The molecule has 0 spiro atoms. The van der Waals surface area contributed by atoms with Gasteiger partial charge in [-0.15, -0.1) is 0 Å². The van der Waals surface area contributed by atoms with Crippen molar-refractivity contribution in [3.05, 3.63) is 23.6 Å². The molecule has 1 aromatic rings. The van der Waals surface area contributed by atoms with Crippen LogP contribution < -0.4 is 10.2 Å². The Morgan fingerprint density at radius 3 is 2.70 bits per heavy atom. The number of anilines is 1. The Labute approximate surface area is 126 Å². The van der Waals surface area contributed by atoms with Crippen molar-refractivity contribution in [2.75, 3.05) is 24.0 Å². The maximum Gasteiger partial charge on any atom is 0.170 e. The first-order chi connectivity index (χ1) is 9.47. The molecule has 0 aromatic carbocycles. The molecule has 5 heteroatoms. The van der Waals surface area contributed by atoms with E-state index in [0.717, 1.165) is 12.2 Å². The topological polar surface area (TPSA) is 28.2 Å². The molecule has 0 saturated carbocycles. The Hall–Kier alpha value is -0.810. The van der Waals surface area contributed by atoms with E-state index in [9.17, 15) is 4.39 Å². The van der Waals surface area contributed by atoms with E-state index in [4.69, 9.17) is 0 Å². The quantitative estimate of drug-likeness (QED) is 0.797. The van der Waals surface area contributed by atoms with Crippen LogP contribution in [0.1, 0.15) is 32.8 Å². The standard InChI is InChI=1S/C15H26FN3S/c1-11(2)18-10-13-6-8-17-15(14(13)16)19(4)12(3)7-9-20-5/h6,8,11-12,18H,7,9-10H2,1-5H3. The van der Waals surface area contributed by atoms with Crippen LogP contribution in [0.5, 0.6) is 0 Å². The van der Waals surface area contributed by atoms with Crippen molar-refractivity contribution >= 4 is 17.6 Å². The second-order valence-electron chi connectivity index (χ2n) is 5.38. The van der Waals surface area contributed by atoms with Crippen LogP contribution in [0.2, 0.25) is 0 Å². The van der Waals surface area contributed by atoms with E-state index in [1.165, 1.54) is 0 Å². The van der Waals surface area contributed by atoms with E-state index in [0.29, 0.717) is 24.0 Å². The summed E-state index contributed by atoms with van der Waals surface area (Å²) in [7, 11) is 1.91. The minimum Gasteiger partial charge on any atom is -0.355 e. The predicted molar refractivity (Wildman–Crippen MR) is 87.0 cm³/mol. The zero-order valence-corrected chi connectivity index (χ0v) is 13.9. The molecule has 0 amide bonds. The molecule has 3 nitrogen and oxygen atoms in total. The normalized spacial score (nSPS) is 12.8. The van der Waals surface area contributed by atoms with Gasteiger partial charge in [-0.05, 0) is 31.4 Å². The fraction of sp³-hybridized carbons (Fsp3) is 0.667. The molecule has 0 aliphatic heterocycles. The SMILES string of the molecule is CSCCC(C)N(C)c1nccc(CNC(C)C)c1F. The summed E-state index contributed by atoms with van der Waals surface area (Å²) < 4.78 is 14.5. The minimum absolute atomic E-state index is 0.209. The molecule has 1 aromatic heterocycles. The van der Waals surface area contributed by atoms with Gasteiger partial charge in [0.15, 0.2) is 11.6 Å². The number of halogens is 1. The van der Waals surface area contributed by atoms with Crippen LogP contribution in [-0.2, 0) is 6.54 Å². The van der Waals surface area contributed by atoms with Crippen LogP contribution in [0.25, 0.3) is 0 Å². The van der Waals surface area contributed by atoms with Crippen LogP contribution in [0.4, 0.5) is 10.2 Å². The highest BCUT2D eigenvalue weighted by Gasteiger charge is 2.17. The van der Waals surface area contributed by atoms with Crippen molar-refractivity contribution in [2.24, 2.45) is 0 Å². The Bertz CT molecular complexity index is 412. The molecule has 20 heavy (non-hydrogen) atoms. The maximum absolute atomic E-state index is 14.5. The molecule has 1 atom stereocenters. The summed E-state index contributed by atoms with van der Waals surface area (Å²) in [5, 5.41) is 3.24. The van der Waals surface area contributed by atoms with E-state index in [-0.39, 0.29) is 11.9 Å². The lowest BCUT2D eigenvalue weighted by atomic mass is 10.2. The Balaban J connectivity index is 2.81. The minimum atomic E-state index is -0.209. The van der Waals surface area contributed by atoms with Crippen molar-refractivity contribution in [1.82, 2.24) is 10.3 Å². The number of hydrogen-bond acceptors (Lipinski definition) is 4. The van der Waals surface area contributed by atoms with E-state index >= 15 is 0 Å². The number of nitrogens with one attached hydrogen (secondary N) is 1. The lowest BCUT2D eigenvalue weighted by molar-refractivity contribution is 0.542. The monoisotopic (exact) mass is 299 g/mol. The second kappa shape index (κ2) is 8.47. The van der Waals surface area contributed by atoms with Gasteiger partial charge in [-0.3, -0.25) is 0 Å². The summed E-state index contributed by atoms with van der Waals surface area (Å²) in [6.45, 7) is 6.75. The van der Waals surface area contributed by atoms with Crippen LogP contribution in [0.3, 0.4) is 0 Å². The molecule has 1 heterocycles. The first-order valence-corrected chi connectivity index (χ1v) is 8.45. The average molecular weight is 299 g/mol. The summed E-state index contributed by atoms with van der Waals surface area (Å²) >= 11 is 1.81. The third-order valence-electron chi connectivity index (χ3n) is 3.39. The number of aromatic nitrogens is 1. The third-order valence-corrected chi connectivity index (χ3v) is 4.03. The van der Waals surface area contributed by atoms with Crippen molar-refractivity contribution in [2.45, 2.75) is 45.8 Å². The molecule has 0 aliphatic rings. The van der Waals surface area contributed by atoms with Crippen molar-refractivity contribution in [3.63, 3.8) is 0 Å². The van der Waals surface area contributed by atoms with Gasteiger partial charge in [-0.2, -0.15) is 11.8 Å². The molecular formula is C15H26FN3S. The Morgan fingerprint density at radius 2 is 2.10 bits per heavy atom. The van der Waals surface area contributed by atoms with Crippen molar-refractivity contribution in [3.8, 4) is 0 Å². The van der Waals surface area contributed by atoms with Gasteiger partial charge in [0, 0.05) is 37.4 Å². The molecule has 0 radical (unpaired) electrons. The van der Waals surface area contributed by atoms with E-state index in [2.05, 4.69) is 37.3 Å². The molecular weight excluding hydrogens is 273 g/mol. The highest BCUT2D eigenvalue weighted by atomic mass is 32.2. The lowest BCUT2D eigenvalue weighted by Gasteiger charge is -2.26. The largest absolute Gasteiger partial charge is 0.355 e.